The van der Waals surface area contributed by atoms with Gasteiger partial charge in [0.1, 0.15) is 5.82 Å². The fourth-order valence-electron chi connectivity index (χ4n) is 1.81. The van der Waals surface area contributed by atoms with Crippen molar-refractivity contribution in [3.05, 3.63) is 36.3 Å². The molecule has 1 aromatic carbocycles. The SMILES string of the molecule is CCCn1nccc1NS(=O)(=O)c1ccc(F)c(OC)c1. The Morgan fingerprint density at radius 3 is 2.81 bits per heavy atom. The van der Waals surface area contributed by atoms with Crippen molar-refractivity contribution in [1.29, 1.82) is 0 Å². The van der Waals surface area contributed by atoms with Gasteiger partial charge in [-0.1, -0.05) is 6.92 Å². The maximum Gasteiger partial charge on any atom is 0.263 e. The molecule has 0 atom stereocenters. The predicted octanol–water partition coefficient (Wildman–Crippen LogP) is 2.24. The molecular weight excluding hydrogens is 297 g/mol. The van der Waals surface area contributed by atoms with Crippen LogP contribution in [0.5, 0.6) is 5.75 Å². The summed E-state index contributed by atoms with van der Waals surface area (Å²) in [4.78, 5) is -0.0787. The average molecular weight is 313 g/mol. The maximum atomic E-state index is 13.3. The van der Waals surface area contributed by atoms with E-state index < -0.39 is 15.8 Å². The summed E-state index contributed by atoms with van der Waals surface area (Å²) in [5, 5.41) is 4.04. The van der Waals surface area contributed by atoms with Crippen LogP contribution in [0.15, 0.2) is 35.4 Å². The molecule has 0 amide bonds. The van der Waals surface area contributed by atoms with E-state index in [1.807, 2.05) is 6.92 Å². The van der Waals surface area contributed by atoms with Gasteiger partial charge in [-0.25, -0.2) is 17.5 Å². The molecule has 0 unspecified atom stereocenters. The maximum absolute atomic E-state index is 13.3. The number of ether oxygens (including phenoxy) is 1. The highest BCUT2D eigenvalue weighted by Crippen LogP contribution is 2.23. The van der Waals surface area contributed by atoms with Gasteiger partial charge in [-0.2, -0.15) is 5.10 Å². The Kier molecular flexibility index (Phi) is 4.46. The molecule has 0 fully saturated rings. The van der Waals surface area contributed by atoms with Crippen LogP contribution in [0.2, 0.25) is 0 Å². The molecule has 1 aromatic heterocycles. The fraction of sp³-hybridized carbons (Fsp3) is 0.308. The Morgan fingerprint density at radius 1 is 1.38 bits per heavy atom. The lowest BCUT2D eigenvalue weighted by Gasteiger charge is -2.11. The van der Waals surface area contributed by atoms with Crippen molar-refractivity contribution < 1.29 is 17.5 Å². The summed E-state index contributed by atoms with van der Waals surface area (Å²) in [5.41, 5.74) is 0. The quantitative estimate of drug-likeness (QED) is 0.887. The first kappa shape index (κ1) is 15.3. The van der Waals surface area contributed by atoms with Crippen molar-refractivity contribution in [1.82, 2.24) is 9.78 Å². The molecule has 6 nitrogen and oxygen atoms in total. The summed E-state index contributed by atoms with van der Waals surface area (Å²) < 4.78 is 46.7. The zero-order valence-electron chi connectivity index (χ0n) is 11.7. The van der Waals surface area contributed by atoms with Crippen molar-refractivity contribution in [2.45, 2.75) is 24.8 Å². The summed E-state index contributed by atoms with van der Waals surface area (Å²) in [7, 11) is -2.55. The second kappa shape index (κ2) is 6.13. The van der Waals surface area contributed by atoms with Crippen molar-refractivity contribution in [3.63, 3.8) is 0 Å². The Morgan fingerprint density at radius 2 is 2.14 bits per heavy atom. The summed E-state index contributed by atoms with van der Waals surface area (Å²) in [6.45, 7) is 2.56. The molecule has 2 aromatic rings. The van der Waals surface area contributed by atoms with Crippen LogP contribution < -0.4 is 9.46 Å². The van der Waals surface area contributed by atoms with E-state index in [0.717, 1.165) is 18.6 Å². The normalized spacial score (nSPS) is 11.4. The number of aromatic nitrogens is 2. The van der Waals surface area contributed by atoms with Crippen LogP contribution in [0.4, 0.5) is 10.2 Å². The molecule has 8 heteroatoms. The number of benzene rings is 1. The molecule has 21 heavy (non-hydrogen) atoms. The van der Waals surface area contributed by atoms with Gasteiger partial charge >= 0.3 is 0 Å². The zero-order chi connectivity index (χ0) is 15.5. The van der Waals surface area contributed by atoms with Gasteiger partial charge in [0.15, 0.2) is 11.6 Å². The van der Waals surface area contributed by atoms with Gasteiger partial charge in [0.05, 0.1) is 18.2 Å². The van der Waals surface area contributed by atoms with Crippen molar-refractivity contribution in [2.24, 2.45) is 0 Å². The molecule has 0 bridgehead atoms. The Balaban J connectivity index is 2.32. The minimum atomic E-state index is -3.83. The number of halogens is 1. The van der Waals surface area contributed by atoms with Crippen molar-refractivity contribution in [2.75, 3.05) is 11.8 Å². The summed E-state index contributed by atoms with van der Waals surface area (Å²) in [5.74, 6) is -0.382. The van der Waals surface area contributed by atoms with Gasteiger partial charge in [-0.05, 0) is 18.6 Å². The summed E-state index contributed by atoms with van der Waals surface area (Å²) >= 11 is 0. The number of nitrogens with zero attached hydrogens (tertiary/aromatic N) is 2. The Hall–Kier alpha value is -2.09. The molecule has 1 heterocycles. The lowest BCUT2D eigenvalue weighted by Crippen LogP contribution is -2.16. The van der Waals surface area contributed by atoms with Crippen molar-refractivity contribution in [3.8, 4) is 5.75 Å². The number of aryl methyl sites for hydroxylation is 1. The second-order valence-electron chi connectivity index (χ2n) is 4.34. The number of hydrogen-bond donors (Lipinski definition) is 1. The molecule has 114 valence electrons. The van der Waals surface area contributed by atoms with E-state index in [4.69, 9.17) is 4.74 Å². The van der Waals surface area contributed by atoms with Gasteiger partial charge < -0.3 is 4.74 Å². The standard InChI is InChI=1S/C13H16FN3O3S/c1-3-8-17-13(6-7-15-17)16-21(18,19)10-4-5-11(14)12(9-10)20-2/h4-7,9,16H,3,8H2,1-2H3. The number of methoxy groups -OCH3 is 1. The van der Waals surface area contributed by atoms with E-state index >= 15 is 0 Å². The highest BCUT2D eigenvalue weighted by atomic mass is 32.2. The van der Waals surface area contributed by atoms with E-state index in [1.165, 1.54) is 19.4 Å². The van der Waals surface area contributed by atoms with Gasteiger partial charge in [0.2, 0.25) is 0 Å². The number of hydrogen-bond acceptors (Lipinski definition) is 4. The van der Waals surface area contributed by atoms with Gasteiger partial charge in [0.25, 0.3) is 10.0 Å². The second-order valence-corrected chi connectivity index (χ2v) is 6.02. The molecular formula is C13H16FN3O3S. The molecule has 1 N–H and O–H groups in total. The highest BCUT2D eigenvalue weighted by molar-refractivity contribution is 7.92. The third-order valence-corrected chi connectivity index (χ3v) is 4.18. The molecule has 0 aliphatic carbocycles. The van der Waals surface area contributed by atoms with E-state index in [1.54, 1.807) is 10.7 Å². The van der Waals surface area contributed by atoms with E-state index in [2.05, 4.69) is 9.82 Å². The summed E-state index contributed by atoms with van der Waals surface area (Å²) in [6, 6.07) is 4.93. The van der Waals surface area contributed by atoms with Crippen LogP contribution >= 0.6 is 0 Å². The van der Waals surface area contributed by atoms with E-state index in [-0.39, 0.29) is 10.6 Å². The first-order chi connectivity index (χ1) is 9.97. The number of rotatable bonds is 6. The van der Waals surface area contributed by atoms with Gasteiger partial charge in [-0.3, -0.25) is 4.72 Å². The molecule has 0 aliphatic heterocycles. The third-order valence-electron chi connectivity index (χ3n) is 2.82. The monoisotopic (exact) mass is 313 g/mol. The molecule has 0 saturated carbocycles. The number of anilines is 1. The van der Waals surface area contributed by atoms with Crippen LogP contribution in [-0.2, 0) is 16.6 Å². The largest absolute Gasteiger partial charge is 0.494 e. The van der Waals surface area contributed by atoms with Gasteiger partial charge in [0, 0.05) is 18.7 Å². The molecule has 0 spiro atoms. The zero-order valence-corrected chi connectivity index (χ0v) is 12.5. The summed E-state index contributed by atoms with van der Waals surface area (Å²) in [6.07, 6.45) is 2.33. The molecule has 0 aliphatic rings. The topological polar surface area (TPSA) is 73.2 Å². The van der Waals surface area contributed by atoms with Crippen LogP contribution in [0.25, 0.3) is 0 Å². The molecule has 0 radical (unpaired) electrons. The van der Waals surface area contributed by atoms with E-state index in [9.17, 15) is 12.8 Å². The van der Waals surface area contributed by atoms with E-state index in [0.29, 0.717) is 12.4 Å². The Bertz CT molecular complexity index is 728. The first-order valence-corrected chi connectivity index (χ1v) is 7.84. The molecule has 2 rings (SSSR count). The predicted molar refractivity (Wildman–Crippen MR) is 76.3 cm³/mol. The fourth-order valence-corrected chi connectivity index (χ4v) is 2.89. The van der Waals surface area contributed by atoms with Crippen LogP contribution in [0, 0.1) is 5.82 Å². The van der Waals surface area contributed by atoms with Crippen molar-refractivity contribution >= 4 is 15.8 Å². The minimum absolute atomic E-state index is 0.0787. The lowest BCUT2D eigenvalue weighted by atomic mass is 10.3. The molecule has 0 saturated heterocycles. The van der Waals surface area contributed by atoms with Crippen LogP contribution in [-0.4, -0.2) is 25.3 Å². The third kappa shape index (κ3) is 3.33. The number of sulfonamides is 1. The first-order valence-electron chi connectivity index (χ1n) is 6.36. The average Bonchev–Trinajstić information content (AvgIpc) is 2.86. The highest BCUT2D eigenvalue weighted by Gasteiger charge is 2.18. The van der Waals surface area contributed by atoms with Gasteiger partial charge in [-0.15, -0.1) is 0 Å². The van der Waals surface area contributed by atoms with Crippen LogP contribution in [0.1, 0.15) is 13.3 Å². The lowest BCUT2D eigenvalue weighted by molar-refractivity contribution is 0.385. The Labute approximate surface area is 122 Å². The number of nitrogens with one attached hydrogen (secondary N) is 1. The van der Waals surface area contributed by atoms with Crippen LogP contribution in [0.3, 0.4) is 0 Å². The minimum Gasteiger partial charge on any atom is -0.494 e. The smallest absolute Gasteiger partial charge is 0.263 e.